The van der Waals surface area contributed by atoms with Crippen LogP contribution in [0.25, 0.3) is 0 Å². The van der Waals surface area contributed by atoms with Crippen LogP contribution in [-0.2, 0) is 19.4 Å². The zero-order chi connectivity index (χ0) is 14.9. The normalized spacial score (nSPS) is 20.2. The van der Waals surface area contributed by atoms with Gasteiger partial charge in [0.1, 0.15) is 0 Å². The maximum atomic E-state index is 10.3. The molecule has 3 rings (SSSR count). The van der Waals surface area contributed by atoms with Gasteiger partial charge in [0.15, 0.2) is 0 Å². The molecule has 1 unspecified atom stereocenters. The van der Waals surface area contributed by atoms with Gasteiger partial charge in [-0.2, -0.15) is 0 Å². The van der Waals surface area contributed by atoms with Gasteiger partial charge in [-0.05, 0) is 42.7 Å². The summed E-state index contributed by atoms with van der Waals surface area (Å²) in [7, 11) is 0. The van der Waals surface area contributed by atoms with Crippen LogP contribution in [0.3, 0.4) is 0 Å². The summed E-state index contributed by atoms with van der Waals surface area (Å²) in [6.07, 6.45) is 6.05. The third-order valence-corrected chi connectivity index (χ3v) is 4.57. The second kappa shape index (κ2) is 5.69. The molecule has 1 aliphatic rings. The van der Waals surface area contributed by atoms with Crippen LogP contribution in [0.4, 0.5) is 0 Å². The predicted octanol–water partition coefficient (Wildman–Crippen LogP) is 4.13. The van der Waals surface area contributed by atoms with Crippen LogP contribution in [0.1, 0.15) is 49.6 Å². The molecule has 0 fully saturated rings. The number of fused-ring (bicyclic) bond motifs is 1. The number of nitrogens with zero attached hydrogens (tertiary/aromatic N) is 1. The minimum Gasteiger partial charge on any atom is -0.388 e. The van der Waals surface area contributed by atoms with E-state index in [2.05, 4.69) is 61.0 Å². The van der Waals surface area contributed by atoms with Gasteiger partial charge in [-0.1, -0.05) is 44.2 Å². The predicted molar refractivity (Wildman–Crippen MR) is 86.3 cm³/mol. The second-order valence-electron chi connectivity index (χ2n) is 7.06. The number of rotatable bonds is 4. The number of hydrogen-bond donors (Lipinski definition) is 1. The molecule has 1 heterocycles. The van der Waals surface area contributed by atoms with Crippen molar-refractivity contribution in [1.82, 2.24) is 4.57 Å². The molecule has 0 spiro atoms. The van der Waals surface area contributed by atoms with Crippen molar-refractivity contribution in [3.05, 3.63) is 59.4 Å². The van der Waals surface area contributed by atoms with Gasteiger partial charge < -0.3 is 9.67 Å². The highest BCUT2D eigenvalue weighted by Crippen LogP contribution is 2.41. The summed E-state index contributed by atoms with van der Waals surface area (Å²) < 4.78 is 2.35. The first kappa shape index (κ1) is 14.4. The Hall–Kier alpha value is -1.54. The van der Waals surface area contributed by atoms with Crippen molar-refractivity contribution < 1.29 is 5.11 Å². The molecule has 2 aromatic rings. The minimum atomic E-state index is -0.292. The Kier molecular flexibility index (Phi) is 3.90. The van der Waals surface area contributed by atoms with E-state index in [1.807, 2.05) is 0 Å². The van der Waals surface area contributed by atoms with Crippen molar-refractivity contribution in [2.75, 3.05) is 0 Å². The molecule has 2 nitrogen and oxygen atoms in total. The summed E-state index contributed by atoms with van der Waals surface area (Å²) in [5.41, 5.74) is 4.09. The lowest BCUT2D eigenvalue weighted by molar-refractivity contribution is 0.0979. The van der Waals surface area contributed by atoms with Gasteiger partial charge in [0.2, 0.25) is 0 Å². The molecule has 112 valence electrons. The smallest absolute Gasteiger partial charge is 0.0812 e. The standard InChI is InChI=1S/C19H25NO/c1-19(2)13-17-16(18(21)14-19)10-12-20(17)11-6-9-15-7-4-3-5-8-15/h3-5,7-8,10,12,18,21H,6,9,11,13-14H2,1-2H3. The molecule has 1 N–H and O–H groups in total. The fourth-order valence-corrected chi connectivity index (χ4v) is 3.50. The lowest BCUT2D eigenvalue weighted by Crippen LogP contribution is -2.26. The number of benzene rings is 1. The highest BCUT2D eigenvalue weighted by molar-refractivity contribution is 5.29. The Bertz CT molecular complexity index is 597. The highest BCUT2D eigenvalue weighted by Gasteiger charge is 2.32. The van der Waals surface area contributed by atoms with Crippen LogP contribution in [-0.4, -0.2) is 9.67 Å². The molecule has 0 amide bonds. The Labute approximate surface area is 127 Å². The molecule has 0 radical (unpaired) electrons. The Morgan fingerprint density at radius 2 is 1.95 bits per heavy atom. The van der Waals surface area contributed by atoms with E-state index >= 15 is 0 Å². The third-order valence-electron chi connectivity index (χ3n) is 4.57. The number of aliphatic hydroxyl groups is 1. The maximum absolute atomic E-state index is 10.3. The number of aromatic nitrogens is 1. The van der Waals surface area contributed by atoms with Crippen LogP contribution in [0, 0.1) is 5.41 Å². The lowest BCUT2D eigenvalue weighted by Gasteiger charge is -2.34. The van der Waals surface area contributed by atoms with Crippen LogP contribution in [0.5, 0.6) is 0 Å². The second-order valence-corrected chi connectivity index (χ2v) is 7.06. The van der Waals surface area contributed by atoms with Crippen molar-refractivity contribution in [3.63, 3.8) is 0 Å². The van der Waals surface area contributed by atoms with Crippen LogP contribution >= 0.6 is 0 Å². The molecule has 1 aromatic heterocycles. The summed E-state index contributed by atoms with van der Waals surface area (Å²) in [5.74, 6) is 0. The van der Waals surface area contributed by atoms with Gasteiger partial charge in [0.05, 0.1) is 6.10 Å². The third kappa shape index (κ3) is 3.21. The topological polar surface area (TPSA) is 25.2 Å². The SMILES string of the molecule is CC1(C)Cc2c(ccn2CCCc2ccccc2)C(O)C1. The molecule has 1 aliphatic carbocycles. The molecule has 0 aliphatic heterocycles. The Balaban J connectivity index is 1.67. The fourth-order valence-electron chi connectivity index (χ4n) is 3.50. The lowest BCUT2D eigenvalue weighted by atomic mass is 9.75. The molecule has 0 saturated heterocycles. The van der Waals surface area contributed by atoms with Crippen molar-refractivity contribution in [2.24, 2.45) is 5.41 Å². The van der Waals surface area contributed by atoms with E-state index in [9.17, 15) is 5.11 Å². The first-order chi connectivity index (χ1) is 10.1. The van der Waals surface area contributed by atoms with E-state index in [4.69, 9.17) is 0 Å². The van der Waals surface area contributed by atoms with Crippen LogP contribution < -0.4 is 0 Å². The number of aryl methyl sites for hydroxylation is 2. The average Bonchev–Trinajstić information content (AvgIpc) is 2.82. The van der Waals surface area contributed by atoms with Gasteiger partial charge in [0.25, 0.3) is 0 Å². The van der Waals surface area contributed by atoms with E-state index in [-0.39, 0.29) is 11.5 Å². The monoisotopic (exact) mass is 283 g/mol. The van der Waals surface area contributed by atoms with E-state index < -0.39 is 0 Å². The van der Waals surface area contributed by atoms with Gasteiger partial charge >= 0.3 is 0 Å². The molecular formula is C19H25NO. The van der Waals surface area contributed by atoms with Crippen LogP contribution in [0.15, 0.2) is 42.6 Å². The van der Waals surface area contributed by atoms with Gasteiger partial charge in [-0.15, -0.1) is 0 Å². The minimum absolute atomic E-state index is 0.196. The molecule has 2 heteroatoms. The Morgan fingerprint density at radius 1 is 1.19 bits per heavy atom. The summed E-state index contributed by atoms with van der Waals surface area (Å²) in [6.45, 7) is 5.54. The first-order valence-corrected chi connectivity index (χ1v) is 7.95. The number of hydrogen-bond acceptors (Lipinski definition) is 1. The van der Waals surface area contributed by atoms with Gasteiger partial charge in [0, 0.05) is 24.0 Å². The van der Waals surface area contributed by atoms with Crippen molar-refractivity contribution >= 4 is 0 Å². The number of aliphatic hydroxyl groups excluding tert-OH is 1. The molecule has 0 saturated carbocycles. The Morgan fingerprint density at radius 3 is 2.71 bits per heavy atom. The highest BCUT2D eigenvalue weighted by atomic mass is 16.3. The summed E-state index contributed by atoms with van der Waals surface area (Å²) in [6, 6.07) is 12.8. The zero-order valence-corrected chi connectivity index (χ0v) is 13.0. The summed E-state index contributed by atoms with van der Waals surface area (Å²) in [5, 5.41) is 10.3. The quantitative estimate of drug-likeness (QED) is 0.897. The van der Waals surface area contributed by atoms with Crippen LogP contribution in [0.2, 0.25) is 0 Å². The summed E-state index contributed by atoms with van der Waals surface area (Å²) >= 11 is 0. The molecule has 0 bridgehead atoms. The zero-order valence-electron chi connectivity index (χ0n) is 13.0. The fraction of sp³-hybridized carbons (Fsp3) is 0.474. The first-order valence-electron chi connectivity index (χ1n) is 7.95. The van der Waals surface area contributed by atoms with Crippen molar-refractivity contribution in [2.45, 2.75) is 52.2 Å². The van der Waals surface area contributed by atoms with Crippen molar-refractivity contribution in [3.8, 4) is 0 Å². The van der Waals surface area contributed by atoms with E-state index in [0.29, 0.717) is 0 Å². The van der Waals surface area contributed by atoms with E-state index in [1.165, 1.54) is 11.3 Å². The van der Waals surface area contributed by atoms with Crippen molar-refractivity contribution in [1.29, 1.82) is 0 Å². The van der Waals surface area contributed by atoms with E-state index in [0.717, 1.165) is 37.8 Å². The molecule has 1 atom stereocenters. The summed E-state index contributed by atoms with van der Waals surface area (Å²) in [4.78, 5) is 0. The molecular weight excluding hydrogens is 258 g/mol. The van der Waals surface area contributed by atoms with Gasteiger partial charge in [-0.25, -0.2) is 0 Å². The van der Waals surface area contributed by atoms with E-state index in [1.54, 1.807) is 0 Å². The molecule has 1 aromatic carbocycles. The largest absolute Gasteiger partial charge is 0.388 e. The molecule has 21 heavy (non-hydrogen) atoms. The van der Waals surface area contributed by atoms with Gasteiger partial charge in [-0.3, -0.25) is 0 Å². The maximum Gasteiger partial charge on any atom is 0.0812 e. The average molecular weight is 283 g/mol.